The number of aliphatic hydroxyl groups excluding tert-OH is 2. The summed E-state index contributed by atoms with van der Waals surface area (Å²) in [5.41, 5.74) is -0.656. The SMILES string of the molecule is COc1cc2c(c(OC)c1)OC(c1cn([C@H]3C[C@H](O)[C@@H](CO)O3)c(=O)[nH]c1=O)OC2. The molecule has 1 aromatic heterocycles. The molecule has 3 N–H and O–H groups in total. The molecule has 30 heavy (non-hydrogen) atoms. The van der Waals surface area contributed by atoms with E-state index >= 15 is 0 Å². The zero-order valence-electron chi connectivity index (χ0n) is 16.4. The number of aromatic nitrogens is 2. The predicted octanol–water partition coefficient (Wildman–Crippen LogP) is -0.198. The number of hydrogen-bond acceptors (Lipinski definition) is 9. The van der Waals surface area contributed by atoms with E-state index in [-0.39, 0.29) is 18.6 Å². The van der Waals surface area contributed by atoms with Gasteiger partial charge in [0, 0.05) is 24.2 Å². The van der Waals surface area contributed by atoms with Gasteiger partial charge >= 0.3 is 5.69 Å². The van der Waals surface area contributed by atoms with Gasteiger partial charge in [0.1, 0.15) is 23.6 Å². The number of nitrogens with zero attached hydrogens (tertiary/aromatic N) is 1. The molecular weight excluding hydrogens is 400 g/mol. The normalized spacial score (nSPS) is 25.5. The van der Waals surface area contributed by atoms with Gasteiger partial charge in [0.05, 0.1) is 33.5 Å². The van der Waals surface area contributed by atoms with Crippen molar-refractivity contribution in [3.8, 4) is 17.2 Å². The molecule has 1 aromatic carbocycles. The first-order valence-corrected chi connectivity index (χ1v) is 9.28. The second kappa shape index (κ2) is 8.11. The fourth-order valence-electron chi connectivity index (χ4n) is 3.54. The number of aliphatic hydroxyl groups is 2. The lowest BCUT2D eigenvalue weighted by Crippen LogP contribution is -2.36. The number of rotatable bonds is 5. The van der Waals surface area contributed by atoms with Crippen LogP contribution in [-0.4, -0.2) is 52.8 Å². The van der Waals surface area contributed by atoms with E-state index in [1.165, 1.54) is 20.4 Å². The molecule has 3 heterocycles. The second-order valence-electron chi connectivity index (χ2n) is 6.94. The van der Waals surface area contributed by atoms with Crippen LogP contribution in [0.5, 0.6) is 17.2 Å². The zero-order chi connectivity index (χ0) is 21.4. The van der Waals surface area contributed by atoms with Crippen LogP contribution >= 0.6 is 0 Å². The molecule has 0 aliphatic carbocycles. The zero-order valence-corrected chi connectivity index (χ0v) is 16.4. The van der Waals surface area contributed by atoms with E-state index in [1.807, 2.05) is 0 Å². The third kappa shape index (κ3) is 3.56. The second-order valence-corrected chi connectivity index (χ2v) is 6.94. The number of benzene rings is 1. The van der Waals surface area contributed by atoms with Crippen molar-refractivity contribution < 1.29 is 33.9 Å². The Hall–Kier alpha value is -2.86. The summed E-state index contributed by atoms with van der Waals surface area (Å²) in [5.74, 6) is 1.38. The topological polar surface area (TPSA) is 141 Å². The third-order valence-electron chi connectivity index (χ3n) is 5.12. The van der Waals surface area contributed by atoms with Crippen LogP contribution in [0.1, 0.15) is 30.1 Å². The van der Waals surface area contributed by atoms with Gasteiger partial charge in [0.15, 0.2) is 11.5 Å². The summed E-state index contributed by atoms with van der Waals surface area (Å²) in [6.45, 7) is -0.269. The van der Waals surface area contributed by atoms with Gasteiger partial charge in [-0.15, -0.1) is 0 Å². The van der Waals surface area contributed by atoms with Crippen LogP contribution < -0.4 is 25.5 Å². The molecule has 4 atom stereocenters. The lowest BCUT2D eigenvalue weighted by Gasteiger charge is -2.28. The number of fused-ring (bicyclic) bond motifs is 1. The number of aromatic amines is 1. The summed E-state index contributed by atoms with van der Waals surface area (Å²) in [5, 5.41) is 19.2. The highest BCUT2D eigenvalue weighted by Gasteiger charge is 2.36. The maximum absolute atomic E-state index is 12.4. The first kappa shape index (κ1) is 20.4. The van der Waals surface area contributed by atoms with Crippen LogP contribution in [0, 0.1) is 0 Å². The van der Waals surface area contributed by atoms with E-state index in [0.29, 0.717) is 22.8 Å². The maximum Gasteiger partial charge on any atom is 0.330 e. The summed E-state index contributed by atoms with van der Waals surface area (Å²) in [6, 6.07) is 3.39. The molecule has 1 fully saturated rings. The van der Waals surface area contributed by atoms with E-state index in [4.69, 9.17) is 23.7 Å². The predicted molar refractivity (Wildman–Crippen MR) is 101 cm³/mol. The quantitative estimate of drug-likeness (QED) is 0.597. The van der Waals surface area contributed by atoms with Gasteiger partial charge in [-0.05, 0) is 6.07 Å². The van der Waals surface area contributed by atoms with E-state index in [9.17, 15) is 19.8 Å². The van der Waals surface area contributed by atoms with Crippen molar-refractivity contribution >= 4 is 0 Å². The van der Waals surface area contributed by atoms with Crippen LogP contribution in [0.4, 0.5) is 0 Å². The van der Waals surface area contributed by atoms with Crippen LogP contribution in [-0.2, 0) is 16.1 Å². The Morgan fingerprint density at radius 2 is 2.07 bits per heavy atom. The van der Waals surface area contributed by atoms with Crippen LogP contribution in [0.2, 0.25) is 0 Å². The number of hydrogen-bond donors (Lipinski definition) is 3. The number of ether oxygens (including phenoxy) is 5. The van der Waals surface area contributed by atoms with E-state index < -0.39 is 42.6 Å². The van der Waals surface area contributed by atoms with E-state index in [1.54, 1.807) is 12.1 Å². The minimum atomic E-state index is -1.10. The van der Waals surface area contributed by atoms with Crippen molar-refractivity contribution in [3.05, 3.63) is 50.3 Å². The standard InChI is InChI=1S/C19H22N2O9/c1-26-10-3-9-8-28-18(30-16(9)13(4-10)27-2)11-6-21(19(25)20-17(11)24)15-5-12(23)14(7-22)29-15/h3-4,6,12,14-15,18,22-23H,5,7-8H2,1-2H3,(H,20,24,25)/t12-,14+,15+,18?/m0/s1. The van der Waals surface area contributed by atoms with Crippen LogP contribution in [0.25, 0.3) is 0 Å². The first-order chi connectivity index (χ1) is 14.4. The fraction of sp³-hybridized carbons (Fsp3) is 0.474. The molecule has 11 heteroatoms. The van der Waals surface area contributed by atoms with Gasteiger partial charge in [-0.2, -0.15) is 0 Å². The van der Waals surface area contributed by atoms with Gasteiger partial charge in [0.2, 0.25) is 6.29 Å². The lowest BCUT2D eigenvalue weighted by atomic mass is 10.1. The lowest BCUT2D eigenvalue weighted by molar-refractivity contribution is -0.114. The van der Waals surface area contributed by atoms with Gasteiger partial charge in [-0.3, -0.25) is 14.3 Å². The van der Waals surface area contributed by atoms with Crippen molar-refractivity contribution in [2.75, 3.05) is 20.8 Å². The molecule has 0 bridgehead atoms. The maximum atomic E-state index is 12.4. The average Bonchev–Trinajstić information content (AvgIpc) is 3.13. The van der Waals surface area contributed by atoms with Crippen LogP contribution in [0.15, 0.2) is 27.9 Å². The number of nitrogens with one attached hydrogen (secondary N) is 1. The highest BCUT2D eigenvalue weighted by atomic mass is 16.7. The highest BCUT2D eigenvalue weighted by molar-refractivity contribution is 5.52. The first-order valence-electron chi connectivity index (χ1n) is 9.28. The molecule has 0 saturated carbocycles. The average molecular weight is 422 g/mol. The van der Waals surface area contributed by atoms with Gasteiger partial charge in [-0.25, -0.2) is 4.79 Å². The van der Waals surface area contributed by atoms with E-state index in [0.717, 1.165) is 4.57 Å². The number of H-pyrrole nitrogens is 1. The Morgan fingerprint density at radius 1 is 1.27 bits per heavy atom. The van der Waals surface area contributed by atoms with Crippen molar-refractivity contribution in [3.63, 3.8) is 0 Å². The molecule has 11 nitrogen and oxygen atoms in total. The third-order valence-corrected chi connectivity index (χ3v) is 5.12. The molecule has 4 rings (SSSR count). The summed E-state index contributed by atoms with van der Waals surface area (Å²) >= 11 is 0. The Bertz CT molecular complexity index is 1030. The molecular formula is C19H22N2O9. The Labute approximate surface area is 170 Å². The summed E-state index contributed by atoms with van der Waals surface area (Å²) < 4.78 is 28.8. The molecule has 2 aliphatic rings. The molecule has 2 aromatic rings. The molecule has 1 unspecified atom stereocenters. The van der Waals surface area contributed by atoms with E-state index in [2.05, 4.69) is 4.98 Å². The Kier molecular flexibility index (Phi) is 5.52. The molecule has 1 saturated heterocycles. The minimum Gasteiger partial charge on any atom is -0.497 e. The monoisotopic (exact) mass is 422 g/mol. The summed E-state index contributed by atoms with van der Waals surface area (Å²) in [4.78, 5) is 27.0. The Morgan fingerprint density at radius 3 is 2.73 bits per heavy atom. The van der Waals surface area contributed by atoms with Crippen molar-refractivity contribution in [2.24, 2.45) is 0 Å². The fourth-order valence-corrected chi connectivity index (χ4v) is 3.54. The van der Waals surface area contributed by atoms with Crippen LogP contribution in [0.3, 0.4) is 0 Å². The minimum absolute atomic E-state index is 0.0451. The van der Waals surface area contributed by atoms with Gasteiger partial charge in [0.25, 0.3) is 5.56 Å². The smallest absolute Gasteiger partial charge is 0.330 e. The molecule has 2 aliphatic heterocycles. The highest BCUT2D eigenvalue weighted by Crippen LogP contribution is 2.42. The van der Waals surface area contributed by atoms with Crippen molar-refractivity contribution in [1.29, 1.82) is 0 Å². The molecule has 162 valence electrons. The largest absolute Gasteiger partial charge is 0.497 e. The molecule has 0 radical (unpaired) electrons. The molecule has 0 amide bonds. The van der Waals surface area contributed by atoms with Gasteiger partial charge in [-0.1, -0.05) is 0 Å². The van der Waals surface area contributed by atoms with Crippen molar-refractivity contribution in [1.82, 2.24) is 9.55 Å². The molecule has 0 spiro atoms. The summed E-state index contributed by atoms with van der Waals surface area (Å²) in [6.07, 6.45) is -2.34. The van der Waals surface area contributed by atoms with Crippen molar-refractivity contribution in [2.45, 2.75) is 37.8 Å². The summed E-state index contributed by atoms with van der Waals surface area (Å²) in [7, 11) is 3.01. The number of methoxy groups -OCH3 is 2. The Balaban J connectivity index is 1.67. The van der Waals surface area contributed by atoms with Gasteiger partial charge < -0.3 is 33.9 Å².